The minimum absolute atomic E-state index is 0.206. The van der Waals surface area contributed by atoms with Crippen LogP contribution < -0.4 is 5.32 Å². The highest BCUT2D eigenvalue weighted by Gasteiger charge is 2.25. The molecule has 2 N–H and O–H groups in total. The quantitative estimate of drug-likeness (QED) is 0.718. The molecule has 4 heteroatoms. The molecule has 1 atom stereocenters. The molecule has 1 unspecified atom stereocenters. The SMILES string of the molecule is Cc1cc(C)c2nc(C3NCCc4sccc43)[nH]c2c1. The lowest BCUT2D eigenvalue weighted by molar-refractivity contribution is 0.555. The number of hydrogen-bond acceptors (Lipinski definition) is 3. The molecule has 3 nitrogen and oxygen atoms in total. The normalized spacial score (nSPS) is 18.4. The van der Waals surface area contributed by atoms with Crippen LogP contribution in [-0.2, 0) is 6.42 Å². The van der Waals surface area contributed by atoms with Crippen molar-refractivity contribution in [3.8, 4) is 0 Å². The summed E-state index contributed by atoms with van der Waals surface area (Å²) in [5.41, 5.74) is 6.13. The molecule has 3 aromatic rings. The molecule has 2 aromatic heterocycles. The van der Waals surface area contributed by atoms with Crippen molar-refractivity contribution in [3.63, 3.8) is 0 Å². The monoisotopic (exact) mass is 283 g/mol. The topological polar surface area (TPSA) is 40.7 Å². The molecule has 0 aliphatic carbocycles. The molecule has 20 heavy (non-hydrogen) atoms. The number of aromatic nitrogens is 2. The number of H-pyrrole nitrogens is 1. The summed E-state index contributed by atoms with van der Waals surface area (Å²) in [6.07, 6.45) is 1.13. The van der Waals surface area contributed by atoms with Gasteiger partial charge < -0.3 is 10.3 Å². The predicted molar refractivity (Wildman–Crippen MR) is 83.4 cm³/mol. The first-order chi connectivity index (χ1) is 9.72. The number of hydrogen-bond donors (Lipinski definition) is 2. The van der Waals surface area contributed by atoms with Gasteiger partial charge in [0.2, 0.25) is 0 Å². The second kappa shape index (κ2) is 4.43. The Morgan fingerprint density at radius 2 is 2.20 bits per heavy atom. The van der Waals surface area contributed by atoms with Crippen LogP contribution in [0.1, 0.15) is 33.4 Å². The van der Waals surface area contributed by atoms with E-state index in [9.17, 15) is 0 Å². The number of aryl methyl sites for hydroxylation is 2. The molecular formula is C16H17N3S. The van der Waals surface area contributed by atoms with Crippen molar-refractivity contribution in [2.75, 3.05) is 6.54 Å². The first-order valence-electron chi connectivity index (χ1n) is 6.99. The van der Waals surface area contributed by atoms with Crippen molar-refractivity contribution in [1.29, 1.82) is 0 Å². The summed E-state index contributed by atoms with van der Waals surface area (Å²) in [6.45, 7) is 5.28. The van der Waals surface area contributed by atoms with E-state index in [1.165, 1.54) is 21.6 Å². The highest BCUT2D eigenvalue weighted by molar-refractivity contribution is 7.10. The third kappa shape index (κ3) is 1.79. The highest BCUT2D eigenvalue weighted by atomic mass is 32.1. The van der Waals surface area contributed by atoms with Gasteiger partial charge in [-0.15, -0.1) is 11.3 Å². The summed E-state index contributed by atoms with van der Waals surface area (Å²) in [7, 11) is 0. The molecule has 0 amide bonds. The first-order valence-corrected chi connectivity index (χ1v) is 7.87. The fourth-order valence-electron chi connectivity index (χ4n) is 3.12. The molecule has 3 heterocycles. The van der Waals surface area contributed by atoms with Gasteiger partial charge in [-0.3, -0.25) is 0 Å². The molecule has 1 aliphatic rings. The number of nitrogens with zero attached hydrogens (tertiary/aromatic N) is 1. The standard InChI is InChI=1S/C16H17N3S/c1-9-7-10(2)14-12(8-9)18-16(19-14)15-11-4-6-20-13(11)3-5-17-15/h4,6-8,15,17H,3,5H2,1-2H3,(H,18,19). The van der Waals surface area contributed by atoms with Crippen molar-refractivity contribution in [1.82, 2.24) is 15.3 Å². The number of imidazole rings is 1. The van der Waals surface area contributed by atoms with Gasteiger partial charge in [-0.1, -0.05) is 6.07 Å². The molecule has 0 saturated heterocycles. The van der Waals surface area contributed by atoms with Gasteiger partial charge in [0.1, 0.15) is 5.82 Å². The largest absolute Gasteiger partial charge is 0.340 e. The average molecular weight is 283 g/mol. The van der Waals surface area contributed by atoms with Crippen LogP contribution >= 0.6 is 11.3 Å². The maximum Gasteiger partial charge on any atom is 0.129 e. The molecule has 0 fully saturated rings. The lowest BCUT2D eigenvalue weighted by atomic mass is 10.0. The number of thiophene rings is 1. The average Bonchev–Trinajstić information content (AvgIpc) is 3.03. The smallest absolute Gasteiger partial charge is 0.129 e. The van der Waals surface area contributed by atoms with Crippen molar-refractivity contribution in [3.05, 3.63) is 51.0 Å². The summed E-state index contributed by atoms with van der Waals surface area (Å²) in [6, 6.07) is 6.80. The van der Waals surface area contributed by atoms with Crippen molar-refractivity contribution in [2.24, 2.45) is 0 Å². The summed E-state index contributed by atoms with van der Waals surface area (Å²) >= 11 is 1.85. The van der Waals surface area contributed by atoms with Gasteiger partial charge >= 0.3 is 0 Å². The van der Waals surface area contributed by atoms with Gasteiger partial charge in [0, 0.05) is 11.4 Å². The van der Waals surface area contributed by atoms with E-state index in [-0.39, 0.29) is 6.04 Å². The fraction of sp³-hybridized carbons (Fsp3) is 0.312. The van der Waals surface area contributed by atoms with Crippen molar-refractivity contribution in [2.45, 2.75) is 26.3 Å². The van der Waals surface area contributed by atoms with E-state index in [1.54, 1.807) is 0 Å². The van der Waals surface area contributed by atoms with Gasteiger partial charge in [0.15, 0.2) is 0 Å². The Morgan fingerprint density at radius 3 is 3.10 bits per heavy atom. The second-order valence-electron chi connectivity index (χ2n) is 5.54. The van der Waals surface area contributed by atoms with Crippen LogP contribution in [0.4, 0.5) is 0 Å². The summed E-state index contributed by atoms with van der Waals surface area (Å²) < 4.78 is 0. The van der Waals surface area contributed by atoms with Crippen molar-refractivity contribution >= 4 is 22.4 Å². The van der Waals surface area contributed by atoms with Crippen molar-refractivity contribution < 1.29 is 0 Å². The molecule has 4 rings (SSSR count). The Kier molecular flexibility index (Phi) is 2.69. The van der Waals surface area contributed by atoms with Crippen LogP contribution in [-0.4, -0.2) is 16.5 Å². The van der Waals surface area contributed by atoms with E-state index >= 15 is 0 Å². The Morgan fingerprint density at radius 1 is 1.30 bits per heavy atom. The van der Waals surface area contributed by atoms with Crippen LogP contribution in [0.2, 0.25) is 0 Å². The number of fused-ring (bicyclic) bond motifs is 2. The third-order valence-electron chi connectivity index (χ3n) is 4.00. The maximum atomic E-state index is 4.84. The molecule has 1 aromatic carbocycles. The first kappa shape index (κ1) is 12.1. The zero-order valence-electron chi connectivity index (χ0n) is 11.7. The zero-order valence-corrected chi connectivity index (χ0v) is 12.5. The highest BCUT2D eigenvalue weighted by Crippen LogP contribution is 2.32. The Balaban J connectivity index is 1.86. The van der Waals surface area contributed by atoms with Gasteiger partial charge in [-0.25, -0.2) is 4.98 Å². The number of rotatable bonds is 1. The van der Waals surface area contributed by atoms with E-state index in [4.69, 9.17) is 4.98 Å². The number of benzene rings is 1. The summed E-state index contributed by atoms with van der Waals surface area (Å²) in [4.78, 5) is 9.84. The molecule has 1 aliphatic heterocycles. The lowest BCUT2D eigenvalue weighted by Gasteiger charge is -2.22. The lowest BCUT2D eigenvalue weighted by Crippen LogP contribution is -2.30. The van der Waals surface area contributed by atoms with E-state index in [0.29, 0.717) is 0 Å². The second-order valence-corrected chi connectivity index (χ2v) is 6.54. The maximum absolute atomic E-state index is 4.84. The predicted octanol–water partition coefficient (Wildman–Crippen LogP) is 3.48. The summed E-state index contributed by atoms with van der Waals surface area (Å²) in [5.74, 6) is 1.04. The third-order valence-corrected chi connectivity index (χ3v) is 5.00. The van der Waals surface area contributed by atoms with Crippen LogP contribution in [0.3, 0.4) is 0 Å². The minimum atomic E-state index is 0.206. The van der Waals surface area contributed by atoms with Crippen LogP contribution in [0, 0.1) is 13.8 Å². The van der Waals surface area contributed by atoms with E-state index in [0.717, 1.165) is 29.8 Å². The van der Waals surface area contributed by atoms with Crippen LogP contribution in [0.25, 0.3) is 11.0 Å². The van der Waals surface area contributed by atoms with Gasteiger partial charge in [0.25, 0.3) is 0 Å². The summed E-state index contributed by atoms with van der Waals surface area (Å²) in [5, 5.41) is 5.77. The zero-order chi connectivity index (χ0) is 13.7. The molecule has 0 saturated carbocycles. The van der Waals surface area contributed by atoms with E-state index < -0.39 is 0 Å². The molecule has 0 bridgehead atoms. The Bertz CT molecular complexity index is 784. The van der Waals surface area contributed by atoms with Crippen LogP contribution in [0.5, 0.6) is 0 Å². The fourth-order valence-corrected chi connectivity index (χ4v) is 4.04. The molecule has 0 spiro atoms. The van der Waals surface area contributed by atoms with Gasteiger partial charge in [-0.2, -0.15) is 0 Å². The molecule has 102 valence electrons. The molecule has 0 radical (unpaired) electrons. The molecular weight excluding hydrogens is 266 g/mol. The van der Waals surface area contributed by atoms with Gasteiger partial charge in [-0.05, 0) is 54.5 Å². The van der Waals surface area contributed by atoms with Gasteiger partial charge in [0.05, 0.1) is 17.1 Å². The van der Waals surface area contributed by atoms with Crippen LogP contribution in [0.15, 0.2) is 23.6 Å². The Labute approximate surface area is 122 Å². The number of aromatic amines is 1. The van der Waals surface area contributed by atoms with E-state index in [2.05, 4.69) is 47.7 Å². The number of nitrogens with one attached hydrogen (secondary N) is 2. The Hall–Kier alpha value is -1.65. The minimum Gasteiger partial charge on any atom is -0.340 e. The van der Waals surface area contributed by atoms with E-state index in [1.807, 2.05) is 11.3 Å².